The van der Waals surface area contributed by atoms with E-state index in [4.69, 9.17) is 0 Å². The number of hydrogen-bond donors (Lipinski definition) is 0. The highest BCUT2D eigenvalue weighted by atomic mass is 79.9. The van der Waals surface area contributed by atoms with Gasteiger partial charge in [0.15, 0.2) is 0 Å². The molecule has 0 aliphatic carbocycles. The van der Waals surface area contributed by atoms with Gasteiger partial charge in [-0.05, 0) is 12.2 Å². The fourth-order valence-electron chi connectivity index (χ4n) is 0.514. The minimum absolute atomic E-state index is 0.971. The Balaban J connectivity index is 4.15. The standard InChI is InChI=1S/C11H15BrSi/c1-5-11(12)9-7-6-8-10-13(2,3)4/h5-7,9H,1H2,2-4H3/b7-6+,11-9+. The van der Waals surface area contributed by atoms with E-state index < -0.39 is 8.07 Å². The van der Waals surface area contributed by atoms with Crippen molar-refractivity contribution < 1.29 is 0 Å². The topological polar surface area (TPSA) is 0 Å². The summed E-state index contributed by atoms with van der Waals surface area (Å²) in [5.41, 5.74) is 3.25. The van der Waals surface area contributed by atoms with E-state index in [9.17, 15) is 0 Å². The Morgan fingerprint density at radius 3 is 2.46 bits per heavy atom. The van der Waals surface area contributed by atoms with Crippen LogP contribution in [0.2, 0.25) is 19.6 Å². The van der Waals surface area contributed by atoms with E-state index in [1.165, 1.54) is 0 Å². The molecule has 2 heteroatoms. The monoisotopic (exact) mass is 254 g/mol. The quantitative estimate of drug-likeness (QED) is 0.399. The highest BCUT2D eigenvalue weighted by molar-refractivity contribution is 9.11. The van der Waals surface area contributed by atoms with Crippen molar-refractivity contribution >= 4 is 24.0 Å². The van der Waals surface area contributed by atoms with E-state index in [0.29, 0.717) is 0 Å². The summed E-state index contributed by atoms with van der Waals surface area (Å²) in [6.45, 7) is 10.3. The number of rotatable bonds is 2. The van der Waals surface area contributed by atoms with Crippen molar-refractivity contribution in [3.63, 3.8) is 0 Å². The molecule has 0 atom stereocenters. The molecule has 0 aliphatic rings. The normalized spacial score (nSPS) is 12.5. The molecule has 0 heterocycles. The Bertz CT molecular complexity index is 281. The van der Waals surface area contributed by atoms with Crippen LogP contribution in [0.1, 0.15) is 0 Å². The van der Waals surface area contributed by atoms with Crippen LogP contribution in [0.4, 0.5) is 0 Å². The number of allylic oxidation sites excluding steroid dienone is 5. The summed E-state index contributed by atoms with van der Waals surface area (Å²) in [5, 5.41) is 0. The van der Waals surface area contributed by atoms with Gasteiger partial charge in [0.1, 0.15) is 8.07 Å². The zero-order valence-corrected chi connectivity index (χ0v) is 11.0. The molecule has 70 valence electrons. The summed E-state index contributed by atoms with van der Waals surface area (Å²) in [6.07, 6.45) is 7.45. The summed E-state index contributed by atoms with van der Waals surface area (Å²) < 4.78 is 0.971. The summed E-state index contributed by atoms with van der Waals surface area (Å²) in [7, 11) is -1.21. The molecule has 0 aromatic heterocycles. The largest absolute Gasteiger partial charge is 0.129 e. The predicted molar refractivity (Wildman–Crippen MR) is 67.5 cm³/mol. The minimum atomic E-state index is -1.21. The molecule has 0 aliphatic heterocycles. The third-order valence-corrected chi connectivity index (χ3v) is 2.56. The molecular weight excluding hydrogens is 240 g/mol. The molecule has 0 saturated heterocycles. The Morgan fingerprint density at radius 2 is 2.00 bits per heavy atom. The van der Waals surface area contributed by atoms with Crippen molar-refractivity contribution in [3.05, 3.63) is 35.4 Å². The van der Waals surface area contributed by atoms with Crippen LogP contribution in [-0.4, -0.2) is 8.07 Å². The van der Waals surface area contributed by atoms with Crippen LogP contribution in [-0.2, 0) is 0 Å². The maximum atomic E-state index is 3.62. The first-order valence-corrected chi connectivity index (χ1v) is 8.42. The van der Waals surface area contributed by atoms with Crippen LogP contribution >= 0.6 is 15.9 Å². The third-order valence-electron chi connectivity index (χ3n) is 1.08. The van der Waals surface area contributed by atoms with Crippen molar-refractivity contribution in [3.8, 4) is 11.5 Å². The van der Waals surface area contributed by atoms with E-state index in [-0.39, 0.29) is 0 Å². The molecule has 0 aromatic rings. The van der Waals surface area contributed by atoms with Gasteiger partial charge in [-0.3, -0.25) is 0 Å². The Hall–Kier alpha value is -0.523. The summed E-state index contributed by atoms with van der Waals surface area (Å²) in [6, 6.07) is 0. The molecule has 0 aromatic carbocycles. The van der Waals surface area contributed by atoms with Crippen molar-refractivity contribution in [2.24, 2.45) is 0 Å². The van der Waals surface area contributed by atoms with Crippen LogP contribution in [0.15, 0.2) is 35.4 Å². The Kier molecular flexibility index (Phi) is 5.77. The second kappa shape index (κ2) is 6.01. The lowest BCUT2D eigenvalue weighted by molar-refractivity contribution is 1.81. The molecule has 0 N–H and O–H groups in total. The van der Waals surface area contributed by atoms with E-state index in [0.717, 1.165) is 4.48 Å². The van der Waals surface area contributed by atoms with E-state index in [2.05, 4.69) is 53.6 Å². The molecule has 0 unspecified atom stereocenters. The van der Waals surface area contributed by atoms with Gasteiger partial charge in [0, 0.05) is 4.48 Å². The zero-order chi connectivity index (χ0) is 10.3. The van der Waals surface area contributed by atoms with Crippen LogP contribution in [0.5, 0.6) is 0 Å². The molecular formula is C11H15BrSi. The van der Waals surface area contributed by atoms with Gasteiger partial charge in [-0.25, -0.2) is 0 Å². The highest BCUT2D eigenvalue weighted by Crippen LogP contribution is 2.04. The van der Waals surface area contributed by atoms with Crippen LogP contribution in [0, 0.1) is 11.5 Å². The second-order valence-corrected chi connectivity index (χ2v) is 9.30. The van der Waals surface area contributed by atoms with Gasteiger partial charge < -0.3 is 0 Å². The molecule has 0 saturated carbocycles. The average molecular weight is 255 g/mol. The van der Waals surface area contributed by atoms with Crippen molar-refractivity contribution in [1.29, 1.82) is 0 Å². The fourth-order valence-corrected chi connectivity index (χ4v) is 1.18. The number of hydrogen-bond acceptors (Lipinski definition) is 0. The lowest BCUT2D eigenvalue weighted by atomic mass is 10.4. The maximum absolute atomic E-state index is 3.62. The van der Waals surface area contributed by atoms with Gasteiger partial charge in [0.2, 0.25) is 0 Å². The SMILES string of the molecule is C=C/C(Br)=C\C=C\C#C[Si](C)(C)C. The third kappa shape index (κ3) is 9.39. The summed E-state index contributed by atoms with van der Waals surface area (Å²) >= 11 is 3.32. The van der Waals surface area contributed by atoms with Crippen molar-refractivity contribution in [1.82, 2.24) is 0 Å². The first-order valence-electron chi connectivity index (χ1n) is 4.13. The van der Waals surface area contributed by atoms with Gasteiger partial charge in [-0.2, -0.15) is 0 Å². The molecule has 0 spiro atoms. The maximum Gasteiger partial charge on any atom is 0.129 e. The average Bonchev–Trinajstić information content (AvgIpc) is 2.01. The summed E-state index contributed by atoms with van der Waals surface area (Å²) in [5.74, 6) is 3.04. The van der Waals surface area contributed by atoms with Crippen LogP contribution in [0.25, 0.3) is 0 Å². The van der Waals surface area contributed by atoms with Gasteiger partial charge in [-0.1, -0.05) is 60.2 Å². The minimum Gasteiger partial charge on any atom is -0.127 e. The van der Waals surface area contributed by atoms with E-state index in [1.807, 2.05) is 18.2 Å². The van der Waals surface area contributed by atoms with E-state index >= 15 is 0 Å². The Morgan fingerprint density at radius 1 is 1.38 bits per heavy atom. The molecule has 13 heavy (non-hydrogen) atoms. The van der Waals surface area contributed by atoms with Gasteiger partial charge in [0.05, 0.1) is 0 Å². The molecule has 0 rings (SSSR count). The fraction of sp³-hybridized carbons (Fsp3) is 0.273. The van der Waals surface area contributed by atoms with Crippen LogP contribution in [0.3, 0.4) is 0 Å². The first kappa shape index (κ1) is 12.5. The van der Waals surface area contributed by atoms with Crippen molar-refractivity contribution in [2.75, 3.05) is 0 Å². The lowest BCUT2D eigenvalue weighted by Crippen LogP contribution is -2.16. The Labute approximate surface area is 90.6 Å². The van der Waals surface area contributed by atoms with Gasteiger partial charge in [0.25, 0.3) is 0 Å². The molecule has 0 fully saturated rings. The molecule has 0 radical (unpaired) electrons. The van der Waals surface area contributed by atoms with Crippen molar-refractivity contribution in [2.45, 2.75) is 19.6 Å². The number of halogens is 1. The second-order valence-electron chi connectivity index (χ2n) is 3.63. The highest BCUT2D eigenvalue weighted by Gasteiger charge is 2.06. The smallest absolute Gasteiger partial charge is 0.127 e. The van der Waals surface area contributed by atoms with Gasteiger partial charge >= 0.3 is 0 Å². The lowest BCUT2D eigenvalue weighted by Gasteiger charge is -2.01. The molecule has 0 amide bonds. The summed E-state index contributed by atoms with van der Waals surface area (Å²) in [4.78, 5) is 0. The first-order chi connectivity index (χ1) is 5.95. The molecule has 0 nitrogen and oxygen atoms in total. The van der Waals surface area contributed by atoms with Gasteiger partial charge in [-0.15, -0.1) is 5.54 Å². The van der Waals surface area contributed by atoms with Crippen LogP contribution < -0.4 is 0 Å². The molecule has 0 bridgehead atoms. The van der Waals surface area contributed by atoms with E-state index in [1.54, 1.807) is 6.08 Å². The zero-order valence-electron chi connectivity index (χ0n) is 8.39. The predicted octanol–water partition coefficient (Wildman–Crippen LogP) is 3.89.